The van der Waals surface area contributed by atoms with Crippen LogP contribution in [0, 0.1) is 0 Å². The Morgan fingerprint density at radius 1 is 1.09 bits per heavy atom. The molecule has 1 aliphatic heterocycles. The van der Waals surface area contributed by atoms with E-state index in [1.54, 1.807) is 36.4 Å². The predicted octanol–water partition coefficient (Wildman–Crippen LogP) is 5.37. The van der Waals surface area contributed by atoms with Crippen LogP contribution >= 0.6 is 23.2 Å². The van der Waals surface area contributed by atoms with E-state index in [9.17, 15) is 4.79 Å². The van der Waals surface area contributed by atoms with Crippen molar-refractivity contribution >= 4 is 51.6 Å². The van der Waals surface area contributed by atoms with Gasteiger partial charge in [-0.05, 0) is 56.3 Å². The first-order valence-electron chi connectivity index (χ1n) is 11.1. The van der Waals surface area contributed by atoms with Crippen molar-refractivity contribution in [1.29, 1.82) is 0 Å². The molecular formula is C25H24Cl2N6O. The van der Waals surface area contributed by atoms with Gasteiger partial charge in [-0.2, -0.15) is 0 Å². The summed E-state index contributed by atoms with van der Waals surface area (Å²) in [6, 6.07) is 15.1. The van der Waals surface area contributed by atoms with Crippen molar-refractivity contribution in [3.8, 4) is 11.4 Å². The smallest absolute Gasteiger partial charge is 0.255 e. The van der Waals surface area contributed by atoms with Crippen LogP contribution in [0.15, 0.2) is 54.7 Å². The minimum absolute atomic E-state index is 0.296. The quantitative estimate of drug-likeness (QED) is 0.355. The lowest BCUT2D eigenvalue weighted by atomic mass is 10.1. The van der Waals surface area contributed by atoms with Crippen LogP contribution < -0.4 is 15.5 Å². The number of imidazole rings is 1. The molecule has 4 aromatic rings. The second-order valence-electron chi connectivity index (χ2n) is 8.68. The maximum Gasteiger partial charge on any atom is 0.255 e. The number of aromatic nitrogens is 3. The van der Waals surface area contributed by atoms with Crippen molar-refractivity contribution in [3.05, 3.63) is 70.3 Å². The molecule has 1 amide bonds. The molecule has 2 aromatic carbocycles. The van der Waals surface area contributed by atoms with Crippen LogP contribution in [-0.2, 0) is 0 Å². The number of carbonyl (C=O) groups is 1. The Hall–Kier alpha value is -3.13. The van der Waals surface area contributed by atoms with Gasteiger partial charge in [0.2, 0.25) is 0 Å². The van der Waals surface area contributed by atoms with Gasteiger partial charge < -0.3 is 20.5 Å². The van der Waals surface area contributed by atoms with Gasteiger partial charge in [0.15, 0.2) is 0 Å². The highest BCUT2D eigenvalue weighted by molar-refractivity contribution is 6.35. The Labute approximate surface area is 207 Å². The van der Waals surface area contributed by atoms with Crippen LogP contribution in [0.3, 0.4) is 0 Å². The minimum atomic E-state index is -0.296. The molecule has 0 spiro atoms. The largest absolute Gasteiger partial charge is 0.354 e. The lowest BCUT2D eigenvalue weighted by Gasteiger charge is -2.36. The van der Waals surface area contributed by atoms with Crippen LogP contribution in [-0.4, -0.2) is 46.0 Å². The highest BCUT2D eigenvalue weighted by Gasteiger charge is 2.22. The summed E-state index contributed by atoms with van der Waals surface area (Å²) in [5.41, 5.74) is 3.26. The first-order chi connectivity index (χ1) is 16.4. The second-order valence-corrected chi connectivity index (χ2v) is 9.52. The normalized spacial score (nSPS) is 18.3. The minimum Gasteiger partial charge on any atom is -0.354 e. The third kappa shape index (κ3) is 4.73. The van der Waals surface area contributed by atoms with Crippen molar-refractivity contribution in [2.24, 2.45) is 0 Å². The number of benzene rings is 2. The summed E-state index contributed by atoms with van der Waals surface area (Å²) < 4.78 is 0. The number of aromatic amines is 1. The molecule has 2 aromatic heterocycles. The lowest BCUT2D eigenvalue weighted by Crippen LogP contribution is -2.54. The van der Waals surface area contributed by atoms with Crippen molar-refractivity contribution in [1.82, 2.24) is 20.3 Å². The highest BCUT2D eigenvalue weighted by Crippen LogP contribution is 2.30. The van der Waals surface area contributed by atoms with E-state index in [1.165, 1.54) is 0 Å². The van der Waals surface area contributed by atoms with Gasteiger partial charge in [0.1, 0.15) is 11.6 Å². The molecule has 174 valence electrons. The molecule has 3 heterocycles. The Morgan fingerprint density at radius 3 is 2.59 bits per heavy atom. The fourth-order valence-electron chi connectivity index (χ4n) is 4.31. The standard InChI is InChI=1S/C25H24Cl2N6O/c1-14-12-33(13-15(2)29-14)23-7-6-17(11-28-23)24-30-21-9-19(27)20(10-22(21)31-24)32-25(34)16-4-3-5-18(26)8-16/h3-11,14-15,29H,12-13H2,1-2H3,(H,30,31)(H,32,34). The van der Waals surface area contributed by atoms with E-state index >= 15 is 0 Å². The van der Waals surface area contributed by atoms with Gasteiger partial charge in [0.25, 0.3) is 5.91 Å². The molecule has 3 N–H and O–H groups in total. The number of halogens is 2. The van der Waals surface area contributed by atoms with Crippen LogP contribution in [0.1, 0.15) is 24.2 Å². The van der Waals surface area contributed by atoms with Crippen LogP contribution in [0.2, 0.25) is 10.0 Å². The number of hydrogen-bond acceptors (Lipinski definition) is 5. The van der Waals surface area contributed by atoms with Gasteiger partial charge in [-0.1, -0.05) is 29.3 Å². The summed E-state index contributed by atoms with van der Waals surface area (Å²) in [6.07, 6.45) is 1.83. The Kier molecular flexibility index (Phi) is 6.16. The molecule has 2 unspecified atom stereocenters. The molecule has 1 saturated heterocycles. The Bertz CT molecular complexity index is 1340. The molecular weight excluding hydrogens is 471 g/mol. The number of pyridine rings is 1. The maximum atomic E-state index is 12.6. The molecule has 0 saturated carbocycles. The number of rotatable bonds is 4. The number of piperazine rings is 1. The van der Waals surface area contributed by atoms with Crippen molar-refractivity contribution in [3.63, 3.8) is 0 Å². The van der Waals surface area contributed by atoms with Gasteiger partial charge >= 0.3 is 0 Å². The van der Waals surface area contributed by atoms with E-state index in [0.717, 1.165) is 30.0 Å². The van der Waals surface area contributed by atoms with Crippen molar-refractivity contribution < 1.29 is 4.79 Å². The number of anilines is 2. The SMILES string of the molecule is CC1CN(c2ccc(-c3nc4cc(NC(=O)c5cccc(Cl)c5)c(Cl)cc4[nH]3)cn2)CC(C)N1. The molecule has 0 aliphatic carbocycles. The summed E-state index contributed by atoms with van der Waals surface area (Å²) in [4.78, 5) is 27.6. The highest BCUT2D eigenvalue weighted by atomic mass is 35.5. The number of nitrogens with one attached hydrogen (secondary N) is 3. The number of fused-ring (bicyclic) bond motifs is 1. The van der Waals surface area contributed by atoms with Gasteiger partial charge in [-0.3, -0.25) is 4.79 Å². The summed E-state index contributed by atoms with van der Waals surface area (Å²) in [5.74, 6) is 1.34. The van der Waals surface area contributed by atoms with Crippen LogP contribution in [0.5, 0.6) is 0 Å². The first kappa shape index (κ1) is 22.7. The van der Waals surface area contributed by atoms with E-state index in [1.807, 2.05) is 18.3 Å². The Balaban J connectivity index is 1.37. The lowest BCUT2D eigenvalue weighted by molar-refractivity contribution is 0.102. The molecule has 2 atom stereocenters. The van der Waals surface area contributed by atoms with Crippen LogP contribution in [0.25, 0.3) is 22.4 Å². The monoisotopic (exact) mass is 494 g/mol. The number of amides is 1. The molecule has 1 aliphatic rings. The molecule has 9 heteroatoms. The molecule has 5 rings (SSSR count). The van der Waals surface area contributed by atoms with Gasteiger partial charge in [-0.25, -0.2) is 9.97 Å². The molecule has 7 nitrogen and oxygen atoms in total. The van der Waals surface area contributed by atoms with Gasteiger partial charge in [0.05, 0.1) is 21.7 Å². The topological polar surface area (TPSA) is 85.9 Å². The Morgan fingerprint density at radius 2 is 1.88 bits per heavy atom. The summed E-state index contributed by atoms with van der Waals surface area (Å²) >= 11 is 12.4. The maximum absolute atomic E-state index is 12.6. The van der Waals surface area contributed by atoms with Gasteiger partial charge in [0, 0.05) is 47.5 Å². The van der Waals surface area contributed by atoms with E-state index in [2.05, 4.69) is 39.3 Å². The summed E-state index contributed by atoms with van der Waals surface area (Å²) in [7, 11) is 0. The number of H-pyrrole nitrogens is 1. The summed E-state index contributed by atoms with van der Waals surface area (Å²) in [6.45, 7) is 6.21. The second kappa shape index (κ2) is 9.25. The first-order valence-corrected chi connectivity index (χ1v) is 11.8. The molecule has 0 bridgehead atoms. The summed E-state index contributed by atoms with van der Waals surface area (Å²) in [5, 5.41) is 7.28. The van der Waals surface area contributed by atoms with Crippen molar-refractivity contribution in [2.75, 3.05) is 23.3 Å². The van der Waals surface area contributed by atoms with Crippen LogP contribution in [0.4, 0.5) is 11.5 Å². The van der Waals surface area contributed by atoms with E-state index < -0.39 is 0 Å². The average molecular weight is 495 g/mol. The molecule has 0 radical (unpaired) electrons. The van der Waals surface area contributed by atoms with E-state index in [0.29, 0.717) is 44.7 Å². The number of carbonyl (C=O) groups excluding carboxylic acids is 1. The third-order valence-electron chi connectivity index (χ3n) is 5.81. The third-order valence-corrected chi connectivity index (χ3v) is 6.36. The number of hydrogen-bond donors (Lipinski definition) is 3. The zero-order chi connectivity index (χ0) is 23.8. The number of nitrogens with zero attached hydrogens (tertiary/aromatic N) is 3. The zero-order valence-corrected chi connectivity index (χ0v) is 20.3. The fourth-order valence-corrected chi connectivity index (χ4v) is 4.72. The van der Waals surface area contributed by atoms with E-state index in [4.69, 9.17) is 28.2 Å². The van der Waals surface area contributed by atoms with E-state index in [-0.39, 0.29) is 5.91 Å². The molecule has 34 heavy (non-hydrogen) atoms. The van der Waals surface area contributed by atoms with Crippen molar-refractivity contribution in [2.45, 2.75) is 25.9 Å². The zero-order valence-electron chi connectivity index (χ0n) is 18.8. The predicted molar refractivity (Wildman–Crippen MR) is 138 cm³/mol. The average Bonchev–Trinajstić information content (AvgIpc) is 3.21. The van der Waals surface area contributed by atoms with Gasteiger partial charge in [-0.15, -0.1) is 0 Å². The fraction of sp³-hybridized carbons (Fsp3) is 0.240. The molecule has 1 fully saturated rings.